The van der Waals surface area contributed by atoms with Crippen molar-refractivity contribution in [2.24, 2.45) is 5.92 Å². The van der Waals surface area contributed by atoms with E-state index in [-0.39, 0.29) is 11.5 Å². The van der Waals surface area contributed by atoms with Gasteiger partial charge < -0.3 is 15.6 Å². The molecule has 0 unspecified atom stereocenters. The molecule has 4 heterocycles. The van der Waals surface area contributed by atoms with Gasteiger partial charge in [-0.25, -0.2) is 9.97 Å². The van der Waals surface area contributed by atoms with E-state index in [1.807, 2.05) is 4.57 Å². The predicted octanol–water partition coefficient (Wildman–Crippen LogP) is 0.594. The molecule has 0 saturated carbocycles. The molecule has 0 spiro atoms. The number of nitrogens with one attached hydrogen (secondary N) is 1. The average Bonchev–Trinajstić information content (AvgIpc) is 2.49. The Morgan fingerprint density at radius 3 is 2.81 bits per heavy atom. The molecule has 6 heteroatoms. The number of nitrogens with zero attached hydrogens (tertiary/aromatic N) is 3. The summed E-state index contributed by atoms with van der Waals surface area (Å²) < 4.78 is 1.93. The Labute approximate surface area is 122 Å². The maximum absolute atomic E-state index is 12.4. The Morgan fingerprint density at radius 2 is 2.00 bits per heavy atom. The molecule has 2 aromatic rings. The summed E-state index contributed by atoms with van der Waals surface area (Å²) in [6, 6.07) is 3.77. The van der Waals surface area contributed by atoms with E-state index in [1.165, 1.54) is 0 Å². The van der Waals surface area contributed by atoms with Crippen molar-refractivity contribution in [2.45, 2.75) is 18.9 Å². The highest BCUT2D eigenvalue weighted by Crippen LogP contribution is 2.33. The van der Waals surface area contributed by atoms with Crippen LogP contribution in [0.25, 0.3) is 11.1 Å². The lowest BCUT2D eigenvalue weighted by molar-refractivity contribution is 0.257. The Morgan fingerprint density at radius 1 is 1.19 bits per heavy atom. The maximum atomic E-state index is 12.4. The van der Waals surface area contributed by atoms with Crippen LogP contribution in [0.5, 0.6) is 0 Å². The van der Waals surface area contributed by atoms with Crippen molar-refractivity contribution in [1.82, 2.24) is 19.9 Å². The molecular formula is C15H17N5O. The highest BCUT2D eigenvalue weighted by Gasteiger charge is 2.31. The Balaban J connectivity index is 1.83. The molecule has 2 bridgehead atoms. The van der Waals surface area contributed by atoms with Crippen LogP contribution in [-0.4, -0.2) is 27.6 Å². The van der Waals surface area contributed by atoms with Crippen LogP contribution in [0.2, 0.25) is 0 Å². The standard InChI is InChI=1S/C15H17N5O/c16-15-18-6-12(7-19-15)10-2-13-11-1-9(4-17-5-11)8-20(13)14(21)3-10/h2-3,6-7,9,11,17H,1,4-5,8H2,(H2,16,18,19)/t9-,11+/m0/s1. The van der Waals surface area contributed by atoms with Crippen molar-refractivity contribution in [3.05, 3.63) is 40.6 Å². The van der Waals surface area contributed by atoms with Crippen molar-refractivity contribution in [3.8, 4) is 11.1 Å². The highest BCUT2D eigenvalue weighted by atomic mass is 16.1. The van der Waals surface area contributed by atoms with Crippen molar-refractivity contribution in [3.63, 3.8) is 0 Å². The van der Waals surface area contributed by atoms with Crippen molar-refractivity contribution >= 4 is 5.95 Å². The average molecular weight is 283 g/mol. The fourth-order valence-electron chi connectivity index (χ4n) is 3.46. The quantitative estimate of drug-likeness (QED) is 0.800. The van der Waals surface area contributed by atoms with Crippen LogP contribution in [0, 0.1) is 5.92 Å². The van der Waals surface area contributed by atoms with Gasteiger partial charge in [0.2, 0.25) is 5.95 Å². The van der Waals surface area contributed by atoms with Crippen LogP contribution < -0.4 is 16.6 Å². The monoisotopic (exact) mass is 283 g/mol. The lowest BCUT2D eigenvalue weighted by atomic mass is 9.83. The second-order valence-corrected chi connectivity index (χ2v) is 5.90. The summed E-state index contributed by atoms with van der Waals surface area (Å²) in [4.78, 5) is 20.4. The van der Waals surface area contributed by atoms with Gasteiger partial charge in [0.05, 0.1) is 0 Å². The van der Waals surface area contributed by atoms with Gasteiger partial charge in [0.1, 0.15) is 0 Å². The molecule has 0 aromatic carbocycles. The van der Waals surface area contributed by atoms with Gasteiger partial charge in [0, 0.05) is 48.7 Å². The molecular weight excluding hydrogens is 266 g/mol. The second-order valence-electron chi connectivity index (χ2n) is 5.90. The Kier molecular flexibility index (Phi) is 2.78. The van der Waals surface area contributed by atoms with Gasteiger partial charge in [-0.05, 0) is 30.5 Å². The third-order valence-electron chi connectivity index (χ3n) is 4.47. The van der Waals surface area contributed by atoms with E-state index in [4.69, 9.17) is 5.73 Å². The SMILES string of the molecule is Nc1ncc(-c2cc3n(c(=O)c2)C[C@@H]2CNC[C@H]3C2)cn1. The number of rotatable bonds is 1. The molecule has 0 radical (unpaired) electrons. The summed E-state index contributed by atoms with van der Waals surface area (Å²) in [5.41, 5.74) is 8.40. The Hall–Kier alpha value is -2.21. The van der Waals surface area contributed by atoms with E-state index in [0.29, 0.717) is 11.8 Å². The first-order valence-electron chi connectivity index (χ1n) is 7.24. The molecule has 2 aliphatic rings. The molecule has 6 nitrogen and oxygen atoms in total. The van der Waals surface area contributed by atoms with Crippen LogP contribution in [0.4, 0.5) is 5.95 Å². The number of nitrogen functional groups attached to an aromatic ring is 1. The van der Waals surface area contributed by atoms with Crippen LogP contribution in [-0.2, 0) is 6.54 Å². The molecule has 21 heavy (non-hydrogen) atoms. The van der Waals surface area contributed by atoms with Crippen LogP contribution >= 0.6 is 0 Å². The zero-order valence-electron chi connectivity index (χ0n) is 11.6. The van der Waals surface area contributed by atoms with Crippen molar-refractivity contribution in [1.29, 1.82) is 0 Å². The van der Waals surface area contributed by atoms with E-state index in [2.05, 4.69) is 21.4 Å². The van der Waals surface area contributed by atoms with Gasteiger partial charge >= 0.3 is 0 Å². The van der Waals surface area contributed by atoms with E-state index in [9.17, 15) is 4.79 Å². The lowest BCUT2D eigenvalue weighted by Crippen LogP contribution is -2.44. The van der Waals surface area contributed by atoms with E-state index in [0.717, 1.165) is 42.9 Å². The molecule has 4 rings (SSSR count). The van der Waals surface area contributed by atoms with Crippen molar-refractivity contribution in [2.75, 3.05) is 18.8 Å². The summed E-state index contributed by atoms with van der Waals surface area (Å²) in [5.74, 6) is 1.23. The molecule has 2 aromatic heterocycles. The van der Waals surface area contributed by atoms with E-state index >= 15 is 0 Å². The normalized spacial score (nSPS) is 23.6. The van der Waals surface area contributed by atoms with Gasteiger partial charge in [0.25, 0.3) is 5.56 Å². The van der Waals surface area contributed by atoms with Crippen LogP contribution in [0.15, 0.2) is 29.3 Å². The number of nitrogens with two attached hydrogens (primary N) is 1. The summed E-state index contributed by atoms with van der Waals surface area (Å²) >= 11 is 0. The largest absolute Gasteiger partial charge is 0.368 e. The third kappa shape index (κ3) is 2.12. The van der Waals surface area contributed by atoms with E-state index < -0.39 is 0 Å². The summed E-state index contributed by atoms with van der Waals surface area (Å²) in [6.45, 7) is 2.77. The highest BCUT2D eigenvalue weighted by molar-refractivity contribution is 5.62. The fraction of sp³-hybridized carbons (Fsp3) is 0.400. The number of anilines is 1. The first-order chi connectivity index (χ1) is 10.2. The molecule has 2 aliphatic heterocycles. The van der Waals surface area contributed by atoms with Gasteiger partial charge in [0.15, 0.2) is 0 Å². The number of piperidine rings is 1. The number of fused-ring (bicyclic) bond motifs is 4. The topological polar surface area (TPSA) is 85.8 Å². The summed E-state index contributed by atoms with van der Waals surface area (Å²) in [5, 5.41) is 3.46. The molecule has 1 fully saturated rings. The molecule has 2 atom stereocenters. The number of aromatic nitrogens is 3. The lowest BCUT2D eigenvalue weighted by Gasteiger charge is -2.37. The third-order valence-corrected chi connectivity index (χ3v) is 4.47. The fourth-order valence-corrected chi connectivity index (χ4v) is 3.46. The summed E-state index contributed by atoms with van der Waals surface area (Å²) in [7, 11) is 0. The van der Waals surface area contributed by atoms with Crippen molar-refractivity contribution < 1.29 is 0 Å². The number of hydrogen-bond donors (Lipinski definition) is 2. The van der Waals surface area contributed by atoms with E-state index in [1.54, 1.807) is 18.5 Å². The zero-order valence-corrected chi connectivity index (χ0v) is 11.6. The molecule has 0 amide bonds. The van der Waals surface area contributed by atoms with Gasteiger partial charge in [-0.3, -0.25) is 4.79 Å². The predicted molar refractivity (Wildman–Crippen MR) is 79.9 cm³/mol. The zero-order chi connectivity index (χ0) is 14.4. The van der Waals surface area contributed by atoms with Gasteiger partial charge in [-0.2, -0.15) is 0 Å². The van der Waals surface area contributed by atoms with Gasteiger partial charge in [-0.15, -0.1) is 0 Å². The minimum absolute atomic E-state index is 0.0657. The minimum atomic E-state index is 0.0657. The number of pyridine rings is 1. The minimum Gasteiger partial charge on any atom is -0.368 e. The molecule has 3 N–H and O–H groups in total. The van der Waals surface area contributed by atoms with Crippen LogP contribution in [0.1, 0.15) is 18.0 Å². The van der Waals surface area contributed by atoms with Gasteiger partial charge in [-0.1, -0.05) is 0 Å². The summed E-state index contributed by atoms with van der Waals surface area (Å²) in [6.07, 6.45) is 4.49. The Bertz CT molecular complexity index is 737. The second kappa shape index (κ2) is 4.66. The first-order valence-corrected chi connectivity index (χ1v) is 7.24. The maximum Gasteiger partial charge on any atom is 0.251 e. The first kappa shape index (κ1) is 12.5. The molecule has 0 aliphatic carbocycles. The smallest absolute Gasteiger partial charge is 0.251 e. The number of hydrogen-bond acceptors (Lipinski definition) is 5. The van der Waals surface area contributed by atoms with Crippen LogP contribution in [0.3, 0.4) is 0 Å². The molecule has 108 valence electrons. The molecule has 1 saturated heterocycles.